The molecular formula is C8H19N. The summed E-state index contributed by atoms with van der Waals surface area (Å²) < 4.78 is 0. The van der Waals surface area contributed by atoms with Crippen molar-refractivity contribution in [3.05, 3.63) is 0 Å². The maximum Gasteiger partial charge on any atom is -0.00208 e. The SMILES string of the molecule is CCC(C)(CN)C(C)C. The van der Waals surface area contributed by atoms with Crippen molar-refractivity contribution in [2.24, 2.45) is 17.1 Å². The minimum absolute atomic E-state index is 0.361. The molecule has 1 nitrogen and oxygen atoms in total. The Morgan fingerprint density at radius 1 is 1.44 bits per heavy atom. The summed E-state index contributed by atoms with van der Waals surface area (Å²) in [7, 11) is 0. The topological polar surface area (TPSA) is 26.0 Å². The molecular weight excluding hydrogens is 110 g/mol. The molecule has 1 atom stereocenters. The lowest BCUT2D eigenvalue weighted by Gasteiger charge is -2.30. The van der Waals surface area contributed by atoms with Crippen molar-refractivity contribution in [1.82, 2.24) is 0 Å². The van der Waals surface area contributed by atoms with Crippen molar-refractivity contribution < 1.29 is 0 Å². The zero-order valence-electron chi connectivity index (χ0n) is 7.07. The fourth-order valence-electron chi connectivity index (χ4n) is 0.788. The van der Waals surface area contributed by atoms with E-state index in [0.717, 1.165) is 6.54 Å². The average molecular weight is 129 g/mol. The van der Waals surface area contributed by atoms with Crippen LogP contribution < -0.4 is 5.73 Å². The summed E-state index contributed by atoms with van der Waals surface area (Å²) in [4.78, 5) is 0. The van der Waals surface area contributed by atoms with Crippen LogP contribution in [0.5, 0.6) is 0 Å². The molecule has 1 unspecified atom stereocenters. The van der Waals surface area contributed by atoms with E-state index in [1.807, 2.05) is 0 Å². The third kappa shape index (κ3) is 1.98. The molecule has 0 radical (unpaired) electrons. The molecule has 0 heterocycles. The Labute approximate surface area is 58.6 Å². The molecule has 0 bridgehead atoms. The summed E-state index contributed by atoms with van der Waals surface area (Å²) in [5, 5.41) is 0. The molecule has 0 saturated carbocycles. The highest BCUT2D eigenvalue weighted by molar-refractivity contribution is 4.76. The quantitative estimate of drug-likeness (QED) is 0.620. The van der Waals surface area contributed by atoms with Crippen LogP contribution in [0.1, 0.15) is 34.1 Å². The predicted octanol–water partition coefficient (Wildman–Crippen LogP) is 2.02. The Kier molecular flexibility index (Phi) is 3.20. The molecule has 0 aromatic carbocycles. The summed E-state index contributed by atoms with van der Waals surface area (Å²) in [5.41, 5.74) is 5.98. The third-order valence-corrected chi connectivity index (χ3v) is 2.67. The van der Waals surface area contributed by atoms with Gasteiger partial charge in [-0.05, 0) is 24.3 Å². The summed E-state index contributed by atoms with van der Waals surface area (Å²) in [6.45, 7) is 9.72. The molecule has 0 aliphatic heterocycles. The second-order valence-electron chi connectivity index (χ2n) is 3.37. The summed E-state index contributed by atoms with van der Waals surface area (Å²) in [6, 6.07) is 0. The van der Waals surface area contributed by atoms with Crippen LogP contribution in [0.4, 0.5) is 0 Å². The van der Waals surface area contributed by atoms with Crippen LogP contribution in [0, 0.1) is 11.3 Å². The lowest BCUT2D eigenvalue weighted by atomic mass is 9.77. The molecule has 0 fully saturated rings. The van der Waals surface area contributed by atoms with Crippen LogP contribution in [0.3, 0.4) is 0 Å². The molecule has 0 amide bonds. The van der Waals surface area contributed by atoms with Gasteiger partial charge in [0, 0.05) is 0 Å². The van der Waals surface area contributed by atoms with Gasteiger partial charge in [-0.15, -0.1) is 0 Å². The van der Waals surface area contributed by atoms with Crippen LogP contribution in [-0.4, -0.2) is 6.54 Å². The zero-order chi connectivity index (χ0) is 7.49. The van der Waals surface area contributed by atoms with Crippen molar-refractivity contribution in [3.63, 3.8) is 0 Å². The van der Waals surface area contributed by atoms with Gasteiger partial charge >= 0.3 is 0 Å². The largest absolute Gasteiger partial charge is 0.330 e. The normalized spacial score (nSPS) is 18.0. The van der Waals surface area contributed by atoms with E-state index >= 15 is 0 Å². The molecule has 0 rings (SSSR count). The van der Waals surface area contributed by atoms with Crippen molar-refractivity contribution in [2.45, 2.75) is 34.1 Å². The van der Waals surface area contributed by atoms with E-state index in [0.29, 0.717) is 11.3 Å². The van der Waals surface area contributed by atoms with Gasteiger partial charge in [0.1, 0.15) is 0 Å². The second kappa shape index (κ2) is 3.21. The zero-order valence-corrected chi connectivity index (χ0v) is 7.07. The Balaban J connectivity index is 3.92. The van der Waals surface area contributed by atoms with E-state index in [-0.39, 0.29) is 0 Å². The summed E-state index contributed by atoms with van der Waals surface area (Å²) >= 11 is 0. The van der Waals surface area contributed by atoms with Gasteiger partial charge in [0.25, 0.3) is 0 Å². The van der Waals surface area contributed by atoms with Crippen molar-refractivity contribution >= 4 is 0 Å². The van der Waals surface area contributed by atoms with Crippen LogP contribution in [0.2, 0.25) is 0 Å². The molecule has 0 aromatic rings. The molecule has 56 valence electrons. The van der Waals surface area contributed by atoms with Crippen LogP contribution in [-0.2, 0) is 0 Å². The predicted molar refractivity (Wildman–Crippen MR) is 42.3 cm³/mol. The second-order valence-corrected chi connectivity index (χ2v) is 3.37. The van der Waals surface area contributed by atoms with Gasteiger partial charge in [0.2, 0.25) is 0 Å². The molecule has 2 N–H and O–H groups in total. The fourth-order valence-corrected chi connectivity index (χ4v) is 0.788. The third-order valence-electron chi connectivity index (χ3n) is 2.67. The lowest BCUT2D eigenvalue weighted by molar-refractivity contribution is 0.220. The van der Waals surface area contributed by atoms with Crippen molar-refractivity contribution in [1.29, 1.82) is 0 Å². The van der Waals surface area contributed by atoms with Gasteiger partial charge in [0.15, 0.2) is 0 Å². The fraction of sp³-hybridized carbons (Fsp3) is 1.00. The molecule has 1 heteroatoms. The van der Waals surface area contributed by atoms with Gasteiger partial charge < -0.3 is 5.73 Å². The van der Waals surface area contributed by atoms with Gasteiger partial charge in [-0.25, -0.2) is 0 Å². The van der Waals surface area contributed by atoms with Gasteiger partial charge in [0.05, 0.1) is 0 Å². The molecule has 0 aromatic heterocycles. The first-order chi connectivity index (χ1) is 4.06. The molecule has 0 saturated heterocycles. The highest BCUT2D eigenvalue weighted by Crippen LogP contribution is 2.28. The standard InChI is InChI=1S/C8H19N/c1-5-8(4,6-9)7(2)3/h7H,5-6,9H2,1-4H3. The smallest absolute Gasteiger partial charge is 0.00208 e. The van der Waals surface area contributed by atoms with Crippen molar-refractivity contribution in [3.8, 4) is 0 Å². The van der Waals surface area contributed by atoms with Gasteiger partial charge in [-0.2, -0.15) is 0 Å². The minimum Gasteiger partial charge on any atom is -0.330 e. The van der Waals surface area contributed by atoms with E-state index in [1.54, 1.807) is 0 Å². The maximum absolute atomic E-state index is 5.62. The highest BCUT2D eigenvalue weighted by Gasteiger charge is 2.23. The van der Waals surface area contributed by atoms with Gasteiger partial charge in [-0.1, -0.05) is 27.7 Å². The van der Waals surface area contributed by atoms with E-state index < -0.39 is 0 Å². The minimum atomic E-state index is 0.361. The Bertz CT molecular complexity index is 72.6. The number of hydrogen-bond donors (Lipinski definition) is 1. The molecule has 0 spiro atoms. The monoisotopic (exact) mass is 129 g/mol. The first-order valence-electron chi connectivity index (χ1n) is 3.77. The first kappa shape index (κ1) is 8.96. The van der Waals surface area contributed by atoms with Crippen LogP contribution in [0.15, 0.2) is 0 Å². The Morgan fingerprint density at radius 3 is 1.89 bits per heavy atom. The van der Waals surface area contributed by atoms with E-state index in [9.17, 15) is 0 Å². The molecule has 0 aliphatic rings. The number of rotatable bonds is 3. The number of hydrogen-bond acceptors (Lipinski definition) is 1. The lowest BCUT2D eigenvalue weighted by Crippen LogP contribution is -2.31. The summed E-state index contributed by atoms with van der Waals surface area (Å²) in [6.07, 6.45) is 1.18. The summed E-state index contributed by atoms with van der Waals surface area (Å²) in [5.74, 6) is 0.701. The number of nitrogens with two attached hydrogens (primary N) is 1. The van der Waals surface area contributed by atoms with E-state index in [4.69, 9.17) is 5.73 Å². The molecule has 9 heavy (non-hydrogen) atoms. The maximum atomic E-state index is 5.62. The van der Waals surface area contributed by atoms with Crippen LogP contribution in [0.25, 0.3) is 0 Å². The highest BCUT2D eigenvalue weighted by atomic mass is 14.6. The Hall–Kier alpha value is -0.0400. The van der Waals surface area contributed by atoms with Crippen LogP contribution >= 0.6 is 0 Å². The molecule has 0 aliphatic carbocycles. The van der Waals surface area contributed by atoms with Gasteiger partial charge in [-0.3, -0.25) is 0 Å². The Morgan fingerprint density at radius 2 is 1.89 bits per heavy atom. The first-order valence-corrected chi connectivity index (χ1v) is 3.77. The average Bonchev–Trinajstić information content (AvgIpc) is 1.86. The van der Waals surface area contributed by atoms with E-state index in [2.05, 4.69) is 27.7 Å². The van der Waals surface area contributed by atoms with E-state index in [1.165, 1.54) is 6.42 Å². The van der Waals surface area contributed by atoms with Crippen molar-refractivity contribution in [2.75, 3.05) is 6.54 Å².